The van der Waals surface area contributed by atoms with Crippen LogP contribution in [0.3, 0.4) is 0 Å². The molecule has 17 heavy (non-hydrogen) atoms. The zero-order chi connectivity index (χ0) is 12.5. The minimum absolute atomic E-state index is 0.202. The molecule has 0 fully saturated rings. The van der Waals surface area contributed by atoms with Crippen LogP contribution < -0.4 is 0 Å². The second kappa shape index (κ2) is 7.66. The molecule has 1 aromatic rings. The topological polar surface area (TPSA) is 26.3 Å². The van der Waals surface area contributed by atoms with Gasteiger partial charge in [0.15, 0.2) is 0 Å². The molecular formula is C15H20O2. The molecule has 0 radical (unpaired) electrons. The molecule has 0 unspecified atom stereocenters. The fourth-order valence-electron chi connectivity index (χ4n) is 1.49. The number of carbonyl (C=O) groups excluding carboxylic acids is 1. The van der Waals surface area contributed by atoms with Gasteiger partial charge in [-0.1, -0.05) is 43.7 Å². The predicted molar refractivity (Wildman–Crippen MR) is 69.5 cm³/mol. The van der Waals surface area contributed by atoms with Crippen LogP contribution >= 0.6 is 0 Å². The fourth-order valence-corrected chi connectivity index (χ4v) is 1.49. The number of benzene rings is 1. The van der Waals surface area contributed by atoms with Crippen molar-refractivity contribution in [2.24, 2.45) is 0 Å². The maximum Gasteiger partial charge on any atom is 0.315 e. The first-order valence-corrected chi connectivity index (χ1v) is 6.11. The Morgan fingerprint density at radius 1 is 1.29 bits per heavy atom. The Morgan fingerprint density at radius 3 is 2.65 bits per heavy atom. The number of rotatable bonds is 6. The third-order valence-electron chi connectivity index (χ3n) is 2.51. The number of allylic oxidation sites excluding steroid dienone is 1. The Bertz CT molecular complexity index is 366. The molecule has 2 nitrogen and oxygen atoms in total. The predicted octanol–water partition coefficient (Wildman–Crippen LogP) is 3.87. The number of ether oxygens (including phenoxy) is 1. The Morgan fingerprint density at radius 2 is 2.00 bits per heavy atom. The van der Waals surface area contributed by atoms with Gasteiger partial charge in [-0.25, -0.2) is 0 Å². The monoisotopic (exact) mass is 232 g/mol. The van der Waals surface area contributed by atoms with Crippen molar-refractivity contribution in [1.29, 1.82) is 0 Å². The largest absolute Gasteiger partial charge is 0.434 e. The smallest absolute Gasteiger partial charge is 0.315 e. The summed E-state index contributed by atoms with van der Waals surface area (Å²) in [6.45, 7) is 4.14. The highest BCUT2D eigenvalue weighted by molar-refractivity contribution is 5.73. The lowest BCUT2D eigenvalue weighted by atomic mass is 10.1. The molecule has 0 aliphatic rings. The Hall–Kier alpha value is -1.57. The van der Waals surface area contributed by atoms with Crippen molar-refractivity contribution in [2.45, 2.75) is 39.5 Å². The molecule has 0 heterocycles. The zero-order valence-corrected chi connectivity index (χ0v) is 10.6. The van der Waals surface area contributed by atoms with E-state index in [1.807, 2.05) is 37.3 Å². The van der Waals surface area contributed by atoms with Crippen molar-refractivity contribution in [2.75, 3.05) is 0 Å². The quantitative estimate of drug-likeness (QED) is 0.550. The van der Waals surface area contributed by atoms with E-state index in [9.17, 15) is 4.79 Å². The van der Waals surface area contributed by atoms with Gasteiger partial charge in [-0.3, -0.25) is 4.79 Å². The highest BCUT2D eigenvalue weighted by Gasteiger charge is 2.02. The molecule has 1 aromatic carbocycles. The van der Waals surface area contributed by atoms with Gasteiger partial charge in [-0.15, -0.1) is 0 Å². The van der Waals surface area contributed by atoms with Crippen LogP contribution in [0.2, 0.25) is 0 Å². The summed E-state index contributed by atoms with van der Waals surface area (Å²) in [6, 6.07) is 9.63. The fraction of sp³-hybridized carbons (Fsp3) is 0.400. The summed E-state index contributed by atoms with van der Waals surface area (Å²) in [6.07, 6.45) is 5.20. The van der Waals surface area contributed by atoms with E-state index in [1.54, 1.807) is 6.26 Å². The van der Waals surface area contributed by atoms with E-state index in [1.165, 1.54) is 0 Å². The van der Waals surface area contributed by atoms with Crippen LogP contribution in [0.25, 0.3) is 0 Å². The van der Waals surface area contributed by atoms with Crippen LogP contribution in [0.5, 0.6) is 0 Å². The van der Waals surface area contributed by atoms with Gasteiger partial charge in [0.05, 0.1) is 12.7 Å². The van der Waals surface area contributed by atoms with E-state index in [-0.39, 0.29) is 5.97 Å². The highest BCUT2D eigenvalue weighted by Crippen LogP contribution is 2.07. The summed E-state index contributed by atoms with van der Waals surface area (Å²) in [5, 5.41) is 0. The van der Waals surface area contributed by atoms with Crippen molar-refractivity contribution in [1.82, 2.24) is 0 Å². The molecule has 92 valence electrons. The van der Waals surface area contributed by atoms with E-state index >= 15 is 0 Å². The first-order valence-electron chi connectivity index (χ1n) is 6.11. The van der Waals surface area contributed by atoms with Crippen LogP contribution in [-0.2, 0) is 16.0 Å². The van der Waals surface area contributed by atoms with Gasteiger partial charge in [-0.05, 0) is 30.9 Å². The molecule has 0 bridgehead atoms. The average Bonchev–Trinajstić information content (AvgIpc) is 2.35. The van der Waals surface area contributed by atoms with Gasteiger partial charge < -0.3 is 4.74 Å². The van der Waals surface area contributed by atoms with Crippen molar-refractivity contribution in [3.8, 4) is 0 Å². The molecule has 0 saturated carbocycles. The Kier molecular flexibility index (Phi) is 6.08. The zero-order valence-electron chi connectivity index (χ0n) is 10.6. The van der Waals surface area contributed by atoms with Crippen molar-refractivity contribution in [3.63, 3.8) is 0 Å². The van der Waals surface area contributed by atoms with Gasteiger partial charge >= 0.3 is 5.97 Å². The van der Waals surface area contributed by atoms with Crippen LogP contribution in [0.1, 0.15) is 38.7 Å². The van der Waals surface area contributed by atoms with Gasteiger partial charge in [0.25, 0.3) is 0 Å². The summed E-state index contributed by atoms with van der Waals surface area (Å²) >= 11 is 0. The third kappa shape index (κ3) is 5.91. The van der Waals surface area contributed by atoms with Gasteiger partial charge in [0.1, 0.15) is 0 Å². The standard InChI is InChI=1S/C15H20O2/c1-3-4-8-13(2)12-17-15(16)11-14-9-6-5-7-10-14/h5-7,9-10,12H,3-4,8,11H2,1-2H3/b13-12+. The second-order valence-electron chi connectivity index (χ2n) is 4.22. The molecule has 0 aliphatic carbocycles. The van der Waals surface area contributed by atoms with Crippen LogP contribution in [0.4, 0.5) is 0 Å². The van der Waals surface area contributed by atoms with Gasteiger partial charge in [-0.2, -0.15) is 0 Å². The lowest BCUT2D eigenvalue weighted by molar-refractivity contribution is -0.137. The van der Waals surface area contributed by atoms with Crippen molar-refractivity contribution in [3.05, 3.63) is 47.7 Å². The van der Waals surface area contributed by atoms with E-state index in [2.05, 4.69) is 6.92 Å². The first-order chi connectivity index (χ1) is 8.22. The normalized spacial score (nSPS) is 11.3. The van der Waals surface area contributed by atoms with Gasteiger partial charge in [0.2, 0.25) is 0 Å². The molecule has 2 heteroatoms. The average molecular weight is 232 g/mol. The molecule has 0 saturated heterocycles. The van der Waals surface area contributed by atoms with E-state index < -0.39 is 0 Å². The summed E-state index contributed by atoms with van der Waals surface area (Å²) in [5.41, 5.74) is 2.10. The van der Waals surface area contributed by atoms with Crippen LogP contribution in [0.15, 0.2) is 42.2 Å². The Balaban J connectivity index is 2.35. The molecule has 0 spiro atoms. The van der Waals surface area contributed by atoms with Crippen molar-refractivity contribution < 1.29 is 9.53 Å². The molecule has 0 atom stereocenters. The summed E-state index contributed by atoms with van der Waals surface area (Å²) in [4.78, 5) is 11.5. The molecule has 0 amide bonds. The first kappa shape index (κ1) is 13.5. The lowest BCUT2D eigenvalue weighted by Crippen LogP contribution is -2.04. The number of carbonyl (C=O) groups is 1. The SMILES string of the molecule is CCCC/C(C)=C/OC(=O)Cc1ccccc1. The summed E-state index contributed by atoms with van der Waals surface area (Å²) in [5.74, 6) is -0.202. The molecule has 0 aliphatic heterocycles. The maximum absolute atomic E-state index is 11.5. The minimum atomic E-state index is -0.202. The third-order valence-corrected chi connectivity index (χ3v) is 2.51. The van der Waals surface area contributed by atoms with Crippen molar-refractivity contribution >= 4 is 5.97 Å². The number of esters is 1. The van der Waals surface area contributed by atoms with E-state index in [4.69, 9.17) is 4.74 Å². The number of hydrogen-bond donors (Lipinski definition) is 0. The van der Waals surface area contributed by atoms with Crippen LogP contribution in [0, 0.1) is 0 Å². The molecule has 1 rings (SSSR count). The summed E-state index contributed by atoms with van der Waals surface area (Å²) < 4.78 is 5.10. The van der Waals surface area contributed by atoms with Gasteiger partial charge in [0, 0.05) is 0 Å². The lowest BCUT2D eigenvalue weighted by Gasteiger charge is -2.02. The number of hydrogen-bond acceptors (Lipinski definition) is 2. The van der Waals surface area contributed by atoms with E-state index in [0.717, 1.165) is 30.4 Å². The van der Waals surface area contributed by atoms with E-state index in [0.29, 0.717) is 6.42 Å². The number of unbranched alkanes of at least 4 members (excludes halogenated alkanes) is 1. The Labute approximate surface area is 103 Å². The second-order valence-corrected chi connectivity index (χ2v) is 4.22. The maximum atomic E-state index is 11.5. The molecule has 0 N–H and O–H groups in total. The minimum Gasteiger partial charge on any atom is -0.434 e. The molecule has 0 aromatic heterocycles. The molecular weight excluding hydrogens is 212 g/mol. The summed E-state index contributed by atoms with van der Waals surface area (Å²) in [7, 11) is 0. The van der Waals surface area contributed by atoms with Crippen LogP contribution in [-0.4, -0.2) is 5.97 Å². The highest BCUT2D eigenvalue weighted by atomic mass is 16.5.